The Kier molecular flexibility index (Phi) is 5.20. The Morgan fingerprint density at radius 3 is 2.92 bits per heavy atom. The number of rotatable bonds is 4. The molecule has 3 rings (SSSR count). The van der Waals surface area contributed by atoms with Crippen LogP contribution in [0.3, 0.4) is 0 Å². The summed E-state index contributed by atoms with van der Waals surface area (Å²) in [5.41, 5.74) is 0.726. The zero-order valence-corrected chi connectivity index (χ0v) is 13.8. The predicted octanol–water partition coefficient (Wildman–Crippen LogP) is 0.671. The highest BCUT2D eigenvalue weighted by Gasteiger charge is 2.33. The third-order valence-electron chi connectivity index (χ3n) is 4.47. The molecule has 0 fully saturated rings. The third-order valence-corrected chi connectivity index (χ3v) is 4.47. The van der Waals surface area contributed by atoms with Crippen molar-refractivity contribution in [3.63, 3.8) is 0 Å². The first-order valence-corrected chi connectivity index (χ1v) is 8.25. The lowest BCUT2D eigenvalue weighted by Gasteiger charge is -2.27. The normalized spacial score (nSPS) is 21.8. The van der Waals surface area contributed by atoms with Crippen molar-refractivity contribution in [1.29, 1.82) is 0 Å². The standard InChI is InChI=1S/C17H19BFNO5/c1-2-24-17(22)11-5-3-4-6-15(11)20-16(21)12-8-13-10(7-14(12)19)9-25-18(13)23/h3-4,7-8,11,15,23H,2,5-6,9H2,1H3,(H,20,21). The van der Waals surface area contributed by atoms with Crippen molar-refractivity contribution in [2.45, 2.75) is 32.4 Å². The molecule has 2 unspecified atom stereocenters. The lowest BCUT2D eigenvalue weighted by Crippen LogP contribution is -2.45. The second-order valence-electron chi connectivity index (χ2n) is 6.08. The van der Waals surface area contributed by atoms with E-state index >= 15 is 0 Å². The minimum Gasteiger partial charge on any atom is -0.466 e. The Labute approximate surface area is 145 Å². The molecule has 1 amide bonds. The minimum atomic E-state index is -1.16. The van der Waals surface area contributed by atoms with Crippen LogP contribution in [0.5, 0.6) is 0 Å². The van der Waals surface area contributed by atoms with Gasteiger partial charge in [0.05, 0.1) is 24.7 Å². The summed E-state index contributed by atoms with van der Waals surface area (Å²) < 4.78 is 24.3. The molecule has 1 aliphatic carbocycles. The van der Waals surface area contributed by atoms with Gasteiger partial charge in [0.1, 0.15) is 5.82 Å². The molecule has 1 aromatic carbocycles. The molecule has 6 nitrogen and oxygen atoms in total. The molecular formula is C17H19BFNO5. The Morgan fingerprint density at radius 1 is 1.40 bits per heavy atom. The van der Waals surface area contributed by atoms with Gasteiger partial charge in [-0.2, -0.15) is 0 Å². The number of amides is 1. The summed E-state index contributed by atoms with van der Waals surface area (Å²) in [6.07, 6.45) is 4.67. The number of allylic oxidation sites excluding steroid dienone is 1. The van der Waals surface area contributed by atoms with Gasteiger partial charge in [0.15, 0.2) is 0 Å². The average Bonchev–Trinajstić information content (AvgIpc) is 2.94. The van der Waals surface area contributed by atoms with E-state index in [9.17, 15) is 19.0 Å². The summed E-state index contributed by atoms with van der Waals surface area (Å²) in [7, 11) is -1.16. The second kappa shape index (κ2) is 7.37. The zero-order chi connectivity index (χ0) is 18.0. The average molecular weight is 347 g/mol. The molecule has 2 atom stereocenters. The molecule has 1 heterocycles. The van der Waals surface area contributed by atoms with E-state index in [1.54, 1.807) is 6.92 Å². The summed E-state index contributed by atoms with van der Waals surface area (Å²) in [4.78, 5) is 24.6. The van der Waals surface area contributed by atoms with Crippen LogP contribution < -0.4 is 10.8 Å². The summed E-state index contributed by atoms with van der Waals surface area (Å²) in [6, 6.07) is 2.03. The maximum absolute atomic E-state index is 14.2. The molecular weight excluding hydrogens is 328 g/mol. The summed E-state index contributed by atoms with van der Waals surface area (Å²) in [6.45, 7) is 2.09. The second-order valence-corrected chi connectivity index (χ2v) is 6.08. The van der Waals surface area contributed by atoms with Gasteiger partial charge in [0.2, 0.25) is 0 Å². The number of carbonyl (C=O) groups excluding carboxylic acids is 2. The Bertz CT molecular complexity index is 723. The molecule has 0 saturated heterocycles. The smallest absolute Gasteiger partial charge is 0.466 e. The molecule has 2 N–H and O–H groups in total. The highest BCUT2D eigenvalue weighted by atomic mass is 19.1. The van der Waals surface area contributed by atoms with E-state index in [0.717, 1.165) is 0 Å². The van der Waals surface area contributed by atoms with Crippen molar-refractivity contribution in [3.05, 3.63) is 41.2 Å². The quantitative estimate of drug-likeness (QED) is 0.475. The van der Waals surface area contributed by atoms with Crippen molar-refractivity contribution >= 4 is 24.5 Å². The van der Waals surface area contributed by atoms with Crippen LogP contribution in [0.1, 0.15) is 35.7 Å². The fraction of sp³-hybridized carbons (Fsp3) is 0.412. The number of benzene rings is 1. The fourth-order valence-corrected chi connectivity index (χ4v) is 3.15. The van der Waals surface area contributed by atoms with Gasteiger partial charge in [0, 0.05) is 6.04 Å². The first-order valence-electron chi connectivity index (χ1n) is 8.25. The van der Waals surface area contributed by atoms with Gasteiger partial charge in [-0.15, -0.1) is 0 Å². The van der Waals surface area contributed by atoms with Crippen LogP contribution in [0.15, 0.2) is 24.3 Å². The van der Waals surface area contributed by atoms with Gasteiger partial charge in [-0.1, -0.05) is 12.2 Å². The van der Waals surface area contributed by atoms with Crippen LogP contribution >= 0.6 is 0 Å². The maximum atomic E-state index is 14.2. The molecule has 0 saturated carbocycles. The molecule has 2 aliphatic rings. The first kappa shape index (κ1) is 17.6. The first-order chi connectivity index (χ1) is 12.0. The van der Waals surface area contributed by atoms with E-state index in [4.69, 9.17) is 9.39 Å². The van der Waals surface area contributed by atoms with Gasteiger partial charge in [0.25, 0.3) is 5.91 Å². The van der Waals surface area contributed by atoms with Crippen LogP contribution in [0.2, 0.25) is 0 Å². The van der Waals surface area contributed by atoms with Gasteiger partial charge < -0.3 is 19.7 Å². The predicted molar refractivity (Wildman–Crippen MR) is 88.5 cm³/mol. The van der Waals surface area contributed by atoms with Crippen LogP contribution in [0, 0.1) is 11.7 Å². The Hall–Kier alpha value is -2.19. The highest BCUT2D eigenvalue weighted by Crippen LogP contribution is 2.22. The number of hydrogen-bond acceptors (Lipinski definition) is 5. The highest BCUT2D eigenvalue weighted by molar-refractivity contribution is 6.61. The lowest BCUT2D eigenvalue weighted by molar-refractivity contribution is -0.149. The lowest BCUT2D eigenvalue weighted by atomic mass is 9.78. The number of hydrogen-bond donors (Lipinski definition) is 2. The fourth-order valence-electron chi connectivity index (χ4n) is 3.15. The van der Waals surface area contributed by atoms with Crippen molar-refractivity contribution in [3.8, 4) is 0 Å². The number of carbonyl (C=O) groups is 2. The number of fused-ring (bicyclic) bond motifs is 1. The molecule has 1 aromatic rings. The Balaban J connectivity index is 1.78. The van der Waals surface area contributed by atoms with Gasteiger partial charge in [-0.25, -0.2) is 4.39 Å². The van der Waals surface area contributed by atoms with E-state index < -0.39 is 30.8 Å². The van der Waals surface area contributed by atoms with Gasteiger partial charge >= 0.3 is 13.1 Å². The SMILES string of the molecule is CCOC(=O)C1CC=CCC1NC(=O)c1cc2c(cc1F)COB2O. The van der Waals surface area contributed by atoms with Crippen LogP contribution in [-0.2, 0) is 20.8 Å². The molecule has 8 heteroatoms. The van der Waals surface area contributed by atoms with Gasteiger partial charge in [-0.05, 0) is 42.9 Å². The van der Waals surface area contributed by atoms with E-state index in [2.05, 4.69) is 5.32 Å². The zero-order valence-electron chi connectivity index (χ0n) is 13.8. The molecule has 0 bridgehead atoms. The van der Waals surface area contributed by atoms with E-state index in [0.29, 0.717) is 23.9 Å². The molecule has 0 aromatic heterocycles. The monoisotopic (exact) mass is 347 g/mol. The molecule has 1 aliphatic heterocycles. The largest absolute Gasteiger partial charge is 0.491 e. The van der Waals surface area contributed by atoms with Crippen LogP contribution in [0.25, 0.3) is 0 Å². The van der Waals surface area contributed by atoms with Crippen LogP contribution in [0.4, 0.5) is 4.39 Å². The van der Waals surface area contributed by atoms with Crippen molar-refractivity contribution in [2.75, 3.05) is 6.61 Å². The van der Waals surface area contributed by atoms with E-state index in [1.807, 2.05) is 12.2 Å². The van der Waals surface area contributed by atoms with E-state index in [-0.39, 0.29) is 24.7 Å². The molecule has 0 radical (unpaired) electrons. The molecule has 25 heavy (non-hydrogen) atoms. The summed E-state index contributed by atoms with van der Waals surface area (Å²) in [5, 5.41) is 12.4. The van der Waals surface area contributed by atoms with E-state index in [1.165, 1.54) is 12.1 Å². The summed E-state index contributed by atoms with van der Waals surface area (Å²) >= 11 is 0. The molecule has 0 spiro atoms. The minimum absolute atomic E-state index is 0.105. The van der Waals surface area contributed by atoms with Gasteiger partial charge in [-0.3, -0.25) is 9.59 Å². The van der Waals surface area contributed by atoms with Crippen molar-refractivity contribution in [1.82, 2.24) is 5.32 Å². The van der Waals surface area contributed by atoms with Crippen LogP contribution in [-0.4, -0.2) is 36.7 Å². The maximum Gasteiger partial charge on any atom is 0.491 e. The number of esters is 1. The van der Waals surface area contributed by atoms with Crippen molar-refractivity contribution < 1.29 is 28.4 Å². The number of nitrogens with one attached hydrogen (secondary N) is 1. The number of ether oxygens (including phenoxy) is 1. The summed E-state index contributed by atoms with van der Waals surface area (Å²) in [5.74, 6) is -2.20. The number of halogens is 1. The van der Waals surface area contributed by atoms with Crippen molar-refractivity contribution in [2.24, 2.45) is 5.92 Å². The Morgan fingerprint density at radius 2 is 2.16 bits per heavy atom. The topological polar surface area (TPSA) is 84.9 Å². The third kappa shape index (κ3) is 3.59. The molecule has 132 valence electrons.